The molecule has 8 heteroatoms. The number of esters is 1. The summed E-state index contributed by atoms with van der Waals surface area (Å²) >= 11 is 11.2. The van der Waals surface area contributed by atoms with Crippen molar-refractivity contribution < 1.29 is 23.5 Å². The Balaban J connectivity index is 2.43. The van der Waals surface area contributed by atoms with Crippen molar-refractivity contribution in [2.24, 2.45) is 0 Å². The van der Waals surface area contributed by atoms with Gasteiger partial charge in [0.05, 0.1) is 16.3 Å². The topological polar surface area (TPSA) is 63.7 Å². The third-order valence-corrected chi connectivity index (χ3v) is 4.00. The lowest BCUT2D eigenvalue weighted by molar-refractivity contribution is -0.120. The molecular weight excluding hydrogens is 360 g/mol. The first kappa shape index (κ1) is 18.2. The second-order valence-electron chi connectivity index (χ2n) is 4.94. The minimum atomic E-state index is -0.901. The van der Waals surface area contributed by atoms with E-state index in [1.165, 1.54) is 25.5 Å². The highest BCUT2D eigenvalue weighted by molar-refractivity contribution is 6.35. The lowest BCUT2D eigenvalue weighted by Crippen LogP contribution is -2.32. The molecule has 0 fully saturated rings. The van der Waals surface area contributed by atoms with Crippen LogP contribution in [0.4, 0.5) is 10.1 Å². The Bertz CT molecular complexity index is 778. The number of hydrogen-bond donors (Lipinski definition) is 0. The molecule has 0 saturated heterocycles. The molecule has 24 heavy (non-hydrogen) atoms. The Kier molecular flexibility index (Phi) is 5.41. The van der Waals surface area contributed by atoms with Crippen LogP contribution in [-0.2, 0) is 14.3 Å². The van der Waals surface area contributed by atoms with E-state index in [0.29, 0.717) is 4.90 Å². The van der Waals surface area contributed by atoms with Gasteiger partial charge in [-0.2, -0.15) is 0 Å². The Morgan fingerprint density at radius 2 is 1.83 bits per heavy atom. The first-order valence-corrected chi connectivity index (χ1v) is 7.58. The van der Waals surface area contributed by atoms with Crippen LogP contribution in [0.15, 0.2) is 34.9 Å². The molecule has 5 nitrogen and oxygen atoms in total. The van der Waals surface area contributed by atoms with Gasteiger partial charge in [-0.15, -0.1) is 0 Å². The Hall–Kier alpha value is -2.18. The monoisotopic (exact) mass is 371 g/mol. The molecule has 2 rings (SSSR count). The van der Waals surface area contributed by atoms with Gasteiger partial charge >= 0.3 is 5.97 Å². The summed E-state index contributed by atoms with van der Waals surface area (Å²) in [5.41, 5.74) is 1.07. The summed E-state index contributed by atoms with van der Waals surface area (Å²) in [4.78, 5) is 37.0. The second kappa shape index (κ2) is 7.15. The van der Waals surface area contributed by atoms with Gasteiger partial charge in [0, 0.05) is 16.7 Å². The molecule has 0 spiro atoms. The van der Waals surface area contributed by atoms with E-state index in [1.807, 2.05) is 0 Å². The molecule has 2 amide bonds. The van der Waals surface area contributed by atoms with Crippen molar-refractivity contribution in [3.05, 3.63) is 51.3 Å². The van der Waals surface area contributed by atoms with Crippen LogP contribution in [0.2, 0.25) is 5.02 Å². The number of nitrogens with zero attached hydrogens (tertiary/aromatic N) is 1. The number of halogens is 3. The quantitative estimate of drug-likeness (QED) is 0.599. The van der Waals surface area contributed by atoms with Crippen molar-refractivity contribution in [3.63, 3.8) is 0 Å². The molecule has 0 N–H and O–H groups in total. The fourth-order valence-corrected chi connectivity index (χ4v) is 2.37. The first-order chi connectivity index (χ1) is 11.3. The molecule has 0 radical (unpaired) electrons. The van der Waals surface area contributed by atoms with E-state index in [0.717, 1.165) is 12.1 Å². The maximum absolute atomic E-state index is 14.2. The number of ether oxygens (including phenoxy) is 1. The lowest BCUT2D eigenvalue weighted by Gasteiger charge is -2.17. The van der Waals surface area contributed by atoms with Crippen LogP contribution in [0, 0.1) is 5.82 Å². The third kappa shape index (κ3) is 3.20. The molecule has 0 aromatic heterocycles. The van der Waals surface area contributed by atoms with Crippen LogP contribution in [0.3, 0.4) is 0 Å². The second-order valence-corrected chi connectivity index (χ2v) is 5.60. The number of imide groups is 1. The molecule has 0 aliphatic carbocycles. The van der Waals surface area contributed by atoms with E-state index in [-0.39, 0.29) is 34.0 Å². The third-order valence-electron chi connectivity index (χ3n) is 3.51. The van der Waals surface area contributed by atoms with Gasteiger partial charge in [0.2, 0.25) is 0 Å². The van der Waals surface area contributed by atoms with Crippen molar-refractivity contribution in [2.45, 2.75) is 13.8 Å². The molecule has 0 atom stereocenters. The van der Waals surface area contributed by atoms with E-state index in [1.54, 1.807) is 0 Å². The van der Waals surface area contributed by atoms with Crippen LogP contribution >= 0.6 is 23.2 Å². The van der Waals surface area contributed by atoms with Crippen LogP contribution in [0.25, 0.3) is 0 Å². The van der Waals surface area contributed by atoms with Gasteiger partial charge in [-0.05, 0) is 32.1 Å². The number of rotatable bonds is 4. The van der Waals surface area contributed by atoms with Crippen LogP contribution in [-0.4, -0.2) is 24.4 Å². The highest BCUT2D eigenvalue weighted by Crippen LogP contribution is 2.32. The van der Waals surface area contributed by atoms with Gasteiger partial charge < -0.3 is 4.74 Å². The molecule has 0 unspecified atom stereocenters. The summed E-state index contributed by atoms with van der Waals surface area (Å²) < 4.78 is 19.1. The standard InChI is InChI=1S/C16H12Cl2FNO4/c1-8-9(2)15(22)20(14(8)21)13-6-10(11(18)7-12(13)19)16(23)24-5-3-4-17/h3-4,6-7H,5H2,1-2H3. The van der Waals surface area contributed by atoms with Gasteiger partial charge in [-0.3, -0.25) is 9.59 Å². The number of carbonyl (C=O) groups is 3. The Morgan fingerprint density at radius 1 is 1.25 bits per heavy atom. The maximum atomic E-state index is 14.2. The van der Waals surface area contributed by atoms with Crippen LogP contribution < -0.4 is 4.90 Å². The first-order valence-electron chi connectivity index (χ1n) is 6.77. The zero-order valence-corrected chi connectivity index (χ0v) is 14.2. The Morgan fingerprint density at radius 3 is 2.38 bits per heavy atom. The average Bonchev–Trinajstić information content (AvgIpc) is 2.72. The maximum Gasteiger partial charge on any atom is 0.340 e. The van der Waals surface area contributed by atoms with Gasteiger partial charge in [0.1, 0.15) is 12.4 Å². The Labute approximate surface area is 147 Å². The van der Waals surface area contributed by atoms with Crippen molar-refractivity contribution in [2.75, 3.05) is 11.5 Å². The SMILES string of the molecule is CC1=C(C)C(=O)N(c2cc(C(=O)OCC=CCl)c(Cl)cc2F)C1=O. The smallest absolute Gasteiger partial charge is 0.340 e. The molecular formula is C16H12Cl2FNO4. The van der Waals surface area contributed by atoms with E-state index in [4.69, 9.17) is 27.9 Å². The minimum absolute atomic E-state index is 0.104. The van der Waals surface area contributed by atoms with E-state index in [9.17, 15) is 18.8 Å². The van der Waals surface area contributed by atoms with Gasteiger partial charge in [0.25, 0.3) is 11.8 Å². The molecule has 1 heterocycles. The van der Waals surface area contributed by atoms with Gasteiger partial charge in [-0.1, -0.05) is 23.2 Å². The molecule has 0 saturated carbocycles. The van der Waals surface area contributed by atoms with Crippen LogP contribution in [0.1, 0.15) is 24.2 Å². The highest BCUT2D eigenvalue weighted by Gasteiger charge is 2.36. The van der Waals surface area contributed by atoms with Crippen molar-refractivity contribution >= 4 is 46.7 Å². The fraction of sp³-hybridized carbons (Fsp3) is 0.188. The number of carbonyl (C=O) groups excluding carboxylic acids is 3. The highest BCUT2D eigenvalue weighted by atomic mass is 35.5. The van der Waals surface area contributed by atoms with Gasteiger partial charge in [-0.25, -0.2) is 14.1 Å². The van der Waals surface area contributed by atoms with Gasteiger partial charge in [0.15, 0.2) is 0 Å². The van der Waals surface area contributed by atoms with Crippen molar-refractivity contribution in [1.82, 2.24) is 0 Å². The molecule has 1 aliphatic rings. The largest absolute Gasteiger partial charge is 0.458 e. The number of benzene rings is 1. The average molecular weight is 372 g/mol. The molecule has 126 valence electrons. The predicted molar refractivity (Wildman–Crippen MR) is 87.6 cm³/mol. The zero-order chi connectivity index (χ0) is 18.0. The number of hydrogen-bond acceptors (Lipinski definition) is 4. The summed E-state index contributed by atoms with van der Waals surface area (Å²) in [5.74, 6) is -3.04. The van der Waals surface area contributed by atoms with E-state index in [2.05, 4.69) is 0 Å². The number of amides is 2. The number of anilines is 1. The van der Waals surface area contributed by atoms with Crippen molar-refractivity contribution in [1.29, 1.82) is 0 Å². The molecule has 1 aromatic rings. The minimum Gasteiger partial charge on any atom is -0.458 e. The molecule has 1 aliphatic heterocycles. The zero-order valence-electron chi connectivity index (χ0n) is 12.7. The fourth-order valence-electron chi connectivity index (χ4n) is 2.07. The predicted octanol–water partition coefficient (Wildman–Crippen LogP) is 3.60. The summed E-state index contributed by atoms with van der Waals surface area (Å²) in [5, 5.41) is -0.198. The lowest BCUT2D eigenvalue weighted by atomic mass is 10.1. The normalized spacial score (nSPS) is 15.0. The molecule has 0 bridgehead atoms. The summed E-state index contributed by atoms with van der Waals surface area (Å²) in [6.45, 7) is 2.83. The molecule has 1 aromatic carbocycles. The van der Waals surface area contributed by atoms with Crippen LogP contribution in [0.5, 0.6) is 0 Å². The van der Waals surface area contributed by atoms with E-state index < -0.39 is 23.6 Å². The summed E-state index contributed by atoms with van der Waals surface area (Å²) in [6, 6.07) is 1.88. The summed E-state index contributed by atoms with van der Waals surface area (Å²) in [7, 11) is 0. The van der Waals surface area contributed by atoms with Crippen molar-refractivity contribution in [3.8, 4) is 0 Å². The van der Waals surface area contributed by atoms with E-state index >= 15 is 0 Å². The summed E-state index contributed by atoms with van der Waals surface area (Å²) in [6.07, 6.45) is 1.38.